The summed E-state index contributed by atoms with van der Waals surface area (Å²) >= 11 is 0. The topological polar surface area (TPSA) is 81.2 Å². The van der Waals surface area contributed by atoms with Crippen LogP contribution in [0.5, 0.6) is 0 Å². The van der Waals surface area contributed by atoms with Crippen LogP contribution in [0.3, 0.4) is 0 Å². The summed E-state index contributed by atoms with van der Waals surface area (Å²) in [6, 6.07) is 50.1. The van der Waals surface area contributed by atoms with Gasteiger partial charge in [-0.05, 0) is 108 Å². The summed E-state index contributed by atoms with van der Waals surface area (Å²) in [5.74, 6) is 0. The second-order valence-electron chi connectivity index (χ2n) is 12.6. The Morgan fingerprint density at radius 3 is 2.12 bits per heavy atom. The Balaban J connectivity index is 1.21. The standard InChI is InChI=1S/C45H27N5/c46-26-29-19-21-42-39(22-29)37-13-1-3-15-40(37)50(42)44-23-30(27-47)18-20-36(44)33-10-5-8-31(24-33)32-9-6-12-35(25-32)49-41-16-4-2-14-38(41)45-34(28-48)11-7-17-43(45)49/h2-12,14-25H,1,13H2. The molecule has 1 aliphatic carbocycles. The van der Waals surface area contributed by atoms with Crippen LogP contribution in [-0.2, 0) is 6.42 Å². The summed E-state index contributed by atoms with van der Waals surface area (Å²) in [5, 5.41) is 32.7. The molecule has 6 aromatic carbocycles. The Labute approximate surface area is 289 Å². The lowest BCUT2D eigenvalue weighted by Crippen LogP contribution is -2.03. The van der Waals surface area contributed by atoms with Crippen molar-refractivity contribution in [1.29, 1.82) is 15.8 Å². The van der Waals surface area contributed by atoms with Gasteiger partial charge in [-0.1, -0.05) is 66.7 Å². The minimum Gasteiger partial charge on any atom is -0.309 e. The van der Waals surface area contributed by atoms with Crippen molar-refractivity contribution < 1.29 is 0 Å². The molecule has 0 saturated carbocycles. The zero-order valence-corrected chi connectivity index (χ0v) is 26.9. The molecule has 50 heavy (non-hydrogen) atoms. The minimum atomic E-state index is 0.586. The highest BCUT2D eigenvalue weighted by molar-refractivity contribution is 6.11. The Hall–Kier alpha value is -7.13. The molecule has 0 aliphatic heterocycles. The highest BCUT2D eigenvalue weighted by Gasteiger charge is 2.22. The number of aromatic nitrogens is 2. The summed E-state index contributed by atoms with van der Waals surface area (Å²) in [7, 11) is 0. The van der Waals surface area contributed by atoms with Crippen molar-refractivity contribution in [2.24, 2.45) is 0 Å². The third kappa shape index (κ3) is 4.45. The summed E-state index contributed by atoms with van der Waals surface area (Å²) < 4.78 is 4.49. The van der Waals surface area contributed by atoms with Gasteiger partial charge in [0.1, 0.15) is 0 Å². The number of allylic oxidation sites excluding steroid dienone is 1. The van der Waals surface area contributed by atoms with Gasteiger partial charge < -0.3 is 9.13 Å². The van der Waals surface area contributed by atoms with Gasteiger partial charge in [0.05, 0.1) is 57.1 Å². The number of aryl methyl sites for hydroxylation is 1. The van der Waals surface area contributed by atoms with Crippen LogP contribution in [0.25, 0.3) is 72.4 Å². The van der Waals surface area contributed by atoms with Crippen LogP contribution in [0.4, 0.5) is 0 Å². The molecule has 2 aromatic heterocycles. The molecule has 2 heterocycles. The fraction of sp³-hybridized carbons (Fsp3) is 0.0444. The minimum absolute atomic E-state index is 0.586. The van der Waals surface area contributed by atoms with E-state index in [1.165, 1.54) is 5.56 Å². The summed E-state index contributed by atoms with van der Waals surface area (Å²) in [6.07, 6.45) is 6.21. The first kappa shape index (κ1) is 29.0. The predicted molar refractivity (Wildman–Crippen MR) is 200 cm³/mol. The van der Waals surface area contributed by atoms with Gasteiger partial charge in [0.2, 0.25) is 0 Å². The smallest absolute Gasteiger partial charge is 0.0998 e. The van der Waals surface area contributed by atoms with E-state index in [-0.39, 0.29) is 0 Å². The van der Waals surface area contributed by atoms with Crippen LogP contribution in [0.1, 0.15) is 34.4 Å². The normalized spacial score (nSPS) is 12.1. The van der Waals surface area contributed by atoms with Gasteiger partial charge in [-0.2, -0.15) is 15.8 Å². The van der Waals surface area contributed by atoms with E-state index in [0.717, 1.165) is 84.9 Å². The van der Waals surface area contributed by atoms with Crippen molar-refractivity contribution in [2.75, 3.05) is 0 Å². The zero-order chi connectivity index (χ0) is 33.8. The molecule has 5 nitrogen and oxygen atoms in total. The number of hydrogen-bond acceptors (Lipinski definition) is 3. The van der Waals surface area contributed by atoms with E-state index in [2.05, 4.69) is 106 Å². The van der Waals surface area contributed by atoms with Crippen molar-refractivity contribution in [3.63, 3.8) is 0 Å². The van der Waals surface area contributed by atoms with Crippen LogP contribution in [-0.4, -0.2) is 9.13 Å². The maximum Gasteiger partial charge on any atom is 0.0998 e. The number of hydrogen-bond donors (Lipinski definition) is 0. The van der Waals surface area contributed by atoms with Crippen molar-refractivity contribution in [2.45, 2.75) is 12.8 Å². The fourth-order valence-corrected chi connectivity index (χ4v) is 7.68. The maximum absolute atomic E-state index is 9.97. The molecular formula is C45H27N5. The van der Waals surface area contributed by atoms with Crippen molar-refractivity contribution >= 4 is 38.8 Å². The van der Waals surface area contributed by atoms with Gasteiger partial charge in [-0.3, -0.25) is 0 Å². The van der Waals surface area contributed by atoms with Crippen LogP contribution >= 0.6 is 0 Å². The number of rotatable bonds is 4. The first-order valence-corrected chi connectivity index (χ1v) is 16.6. The van der Waals surface area contributed by atoms with E-state index >= 15 is 0 Å². The van der Waals surface area contributed by atoms with Crippen molar-refractivity contribution in [1.82, 2.24) is 9.13 Å². The molecule has 8 aromatic rings. The monoisotopic (exact) mass is 637 g/mol. The number of fused-ring (bicyclic) bond motifs is 6. The summed E-state index contributed by atoms with van der Waals surface area (Å²) in [5.41, 5.74) is 13.4. The van der Waals surface area contributed by atoms with Gasteiger partial charge in [0, 0.05) is 33.1 Å². The quantitative estimate of drug-likeness (QED) is 0.193. The average molecular weight is 638 g/mol. The van der Waals surface area contributed by atoms with E-state index in [1.54, 1.807) is 0 Å². The van der Waals surface area contributed by atoms with Crippen molar-refractivity contribution in [3.8, 4) is 51.8 Å². The number of nitrogens with zero attached hydrogens (tertiary/aromatic N) is 5. The largest absolute Gasteiger partial charge is 0.309 e. The van der Waals surface area contributed by atoms with Gasteiger partial charge >= 0.3 is 0 Å². The molecule has 232 valence electrons. The molecule has 0 atom stereocenters. The van der Waals surface area contributed by atoms with Gasteiger partial charge in [-0.15, -0.1) is 0 Å². The molecular weight excluding hydrogens is 611 g/mol. The van der Waals surface area contributed by atoms with Crippen LogP contribution in [0.2, 0.25) is 0 Å². The van der Waals surface area contributed by atoms with Crippen molar-refractivity contribution in [3.05, 3.63) is 161 Å². The highest BCUT2D eigenvalue weighted by Crippen LogP contribution is 2.40. The molecule has 0 fully saturated rings. The molecule has 1 aliphatic rings. The number of nitriles is 3. The Morgan fingerprint density at radius 1 is 0.540 bits per heavy atom. The molecule has 0 N–H and O–H groups in total. The lowest BCUT2D eigenvalue weighted by atomic mass is 9.96. The molecule has 5 heteroatoms. The first-order valence-electron chi connectivity index (χ1n) is 16.6. The third-order valence-electron chi connectivity index (χ3n) is 9.88. The molecule has 0 amide bonds. The molecule has 0 unspecified atom stereocenters. The SMILES string of the molecule is N#Cc1ccc(-c2cccc(-c3cccc(-n4c5ccccc5c5c(C#N)cccc54)c3)c2)c(-n2c3c(c4cc(C#N)ccc42)CCC=C3)c1. The van der Waals surface area contributed by atoms with E-state index in [4.69, 9.17) is 0 Å². The van der Waals surface area contributed by atoms with E-state index in [1.807, 2.05) is 60.7 Å². The van der Waals surface area contributed by atoms with Gasteiger partial charge in [0.15, 0.2) is 0 Å². The van der Waals surface area contributed by atoms with Crippen LogP contribution in [0, 0.1) is 34.0 Å². The third-order valence-corrected chi connectivity index (χ3v) is 9.88. The molecule has 9 rings (SSSR count). The first-order chi connectivity index (χ1) is 24.7. The van der Waals surface area contributed by atoms with E-state index < -0.39 is 0 Å². The Bertz CT molecular complexity index is 2860. The lowest BCUT2D eigenvalue weighted by Gasteiger charge is -2.17. The number of para-hydroxylation sites is 1. The second-order valence-corrected chi connectivity index (χ2v) is 12.6. The number of benzene rings is 6. The van der Waals surface area contributed by atoms with Gasteiger partial charge in [0.25, 0.3) is 0 Å². The molecule has 0 bridgehead atoms. The summed E-state index contributed by atoms with van der Waals surface area (Å²) in [4.78, 5) is 0. The Morgan fingerprint density at radius 2 is 1.26 bits per heavy atom. The maximum atomic E-state index is 9.97. The fourth-order valence-electron chi connectivity index (χ4n) is 7.68. The zero-order valence-electron chi connectivity index (χ0n) is 26.9. The predicted octanol–water partition coefficient (Wildman–Crippen LogP) is 10.6. The molecule has 0 spiro atoms. The van der Waals surface area contributed by atoms with E-state index in [0.29, 0.717) is 16.7 Å². The lowest BCUT2D eigenvalue weighted by molar-refractivity contribution is 0.968. The van der Waals surface area contributed by atoms with Gasteiger partial charge in [-0.25, -0.2) is 0 Å². The summed E-state index contributed by atoms with van der Waals surface area (Å²) in [6.45, 7) is 0. The molecule has 0 radical (unpaired) electrons. The average Bonchev–Trinajstić information content (AvgIpc) is 3.70. The Kier molecular flexibility index (Phi) is 6.70. The second kappa shape index (κ2) is 11.5. The van der Waals surface area contributed by atoms with Crippen LogP contribution in [0.15, 0.2) is 133 Å². The molecule has 0 saturated heterocycles. The van der Waals surface area contributed by atoms with Crippen LogP contribution < -0.4 is 0 Å². The van der Waals surface area contributed by atoms with E-state index in [9.17, 15) is 15.8 Å². The highest BCUT2D eigenvalue weighted by atomic mass is 15.0.